The average molecular weight is 371 g/mol. The number of aromatic nitrogens is 5. The van der Waals surface area contributed by atoms with Crippen LogP contribution in [0.5, 0.6) is 0 Å². The van der Waals surface area contributed by atoms with Gasteiger partial charge in [0, 0.05) is 11.8 Å². The standard InChI is InChI=1S/C17H18N6S2/c1-10-4-3-5-12-14(10)25-17(22-12)24-11(2)6-7-23-9-21-13-15(18)19-8-20-16(13)23/h3-5,8-9,11H,6-7H2,1-2H3,(H2,18,19,20). The zero-order valence-corrected chi connectivity index (χ0v) is 15.6. The number of aryl methyl sites for hydroxylation is 2. The smallest absolute Gasteiger partial charge is 0.165 e. The first-order valence-electron chi connectivity index (χ1n) is 8.06. The molecule has 3 aromatic heterocycles. The highest BCUT2D eigenvalue weighted by Gasteiger charge is 2.12. The van der Waals surface area contributed by atoms with E-state index in [-0.39, 0.29) is 0 Å². The second-order valence-electron chi connectivity index (χ2n) is 5.99. The van der Waals surface area contributed by atoms with Crippen molar-refractivity contribution in [1.82, 2.24) is 24.5 Å². The maximum Gasteiger partial charge on any atom is 0.165 e. The van der Waals surface area contributed by atoms with Crippen molar-refractivity contribution in [2.24, 2.45) is 0 Å². The molecule has 8 heteroatoms. The molecule has 0 bridgehead atoms. The lowest BCUT2D eigenvalue weighted by atomic mass is 10.2. The number of benzene rings is 1. The Bertz CT molecular complexity index is 1040. The number of anilines is 1. The normalized spacial score (nSPS) is 12.9. The van der Waals surface area contributed by atoms with Gasteiger partial charge in [-0.25, -0.2) is 19.9 Å². The van der Waals surface area contributed by atoms with Gasteiger partial charge >= 0.3 is 0 Å². The largest absolute Gasteiger partial charge is 0.382 e. The number of nitrogens with zero attached hydrogens (tertiary/aromatic N) is 5. The van der Waals surface area contributed by atoms with E-state index in [9.17, 15) is 0 Å². The summed E-state index contributed by atoms with van der Waals surface area (Å²) in [5.41, 5.74) is 9.68. The summed E-state index contributed by atoms with van der Waals surface area (Å²) in [6.45, 7) is 5.20. The summed E-state index contributed by atoms with van der Waals surface area (Å²) in [5, 5.41) is 0.442. The third-order valence-electron chi connectivity index (χ3n) is 4.10. The zero-order chi connectivity index (χ0) is 17.4. The minimum atomic E-state index is 0.427. The van der Waals surface area contributed by atoms with Crippen LogP contribution in [0.3, 0.4) is 0 Å². The molecule has 2 N–H and O–H groups in total. The minimum Gasteiger partial charge on any atom is -0.382 e. The van der Waals surface area contributed by atoms with Crippen molar-refractivity contribution in [3.63, 3.8) is 0 Å². The first-order chi connectivity index (χ1) is 12.1. The van der Waals surface area contributed by atoms with Gasteiger partial charge in [0.15, 0.2) is 15.8 Å². The molecule has 1 aromatic carbocycles. The van der Waals surface area contributed by atoms with Crippen LogP contribution in [-0.4, -0.2) is 29.8 Å². The predicted molar refractivity (Wildman–Crippen MR) is 104 cm³/mol. The van der Waals surface area contributed by atoms with Crippen LogP contribution in [0, 0.1) is 6.92 Å². The van der Waals surface area contributed by atoms with Crippen molar-refractivity contribution in [2.45, 2.75) is 36.4 Å². The fourth-order valence-corrected chi connectivity index (χ4v) is 5.15. The van der Waals surface area contributed by atoms with Gasteiger partial charge in [-0.2, -0.15) is 0 Å². The van der Waals surface area contributed by atoms with E-state index < -0.39 is 0 Å². The van der Waals surface area contributed by atoms with E-state index in [0.717, 1.165) is 28.5 Å². The summed E-state index contributed by atoms with van der Waals surface area (Å²) in [7, 11) is 0. The third-order valence-corrected chi connectivity index (χ3v) is 6.57. The van der Waals surface area contributed by atoms with Crippen molar-refractivity contribution < 1.29 is 0 Å². The Morgan fingerprint density at radius 2 is 2.16 bits per heavy atom. The fourth-order valence-electron chi connectivity index (χ4n) is 2.73. The van der Waals surface area contributed by atoms with Gasteiger partial charge in [0.1, 0.15) is 11.8 Å². The molecular weight excluding hydrogens is 352 g/mol. The molecule has 0 aliphatic rings. The Kier molecular flexibility index (Phi) is 4.30. The number of hydrogen-bond acceptors (Lipinski definition) is 7. The number of hydrogen-bond donors (Lipinski definition) is 1. The van der Waals surface area contributed by atoms with E-state index in [0.29, 0.717) is 16.6 Å². The summed E-state index contributed by atoms with van der Waals surface area (Å²) in [6, 6.07) is 6.28. The van der Waals surface area contributed by atoms with Gasteiger partial charge in [-0.1, -0.05) is 30.8 Å². The van der Waals surface area contributed by atoms with Gasteiger partial charge < -0.3 is 10.3 Å². The van der Waals surface area contributed by atoms with Crippen LogP contribution in [0.1, 0.15) is 18.9 Å². The molecule has 0 radical (unpaired) electrons. The van der Waals surface area contributed by atoms with Crippen LogP contribution in [-0.2, 0) is 6.54 Å². The minimum absolute atomic E-state index is 0.427. The van der Waals surface area contributed by atoms with Crippen molar-refractivity contribution in [3.05, 3.63) is 36.4 Å². The lowest BCUT2D eigenvalue weighted by Crippen LogP contribution is -2.05. The van der Waals surface area contributed by atoms with E-state index in [4.69, 9.17) is 10.7 Å². The highest BCUT2D eigenvalue weighted by Crippen LogP contribution is 2.34. The predicted octanol–water partition coefficient (Wildman–Crippen LogP) is 3.90. The number of rotatable bonds is 5. The molecule has 0 aliphatic carbocycles. The van der Waals surface area contributed by atoms with Gasteiger partial charge in [-0.15, -0.1) is 11.3 Å². The number of thioether (sulfide) groups is 1. The monoisotopic (exact) mass is 370 g/mol. The molecule has 0 saturated heterocycles. The first-order valence-corrected chi connectivity index (χ1v) is 9.75. The number of imidazole rings is 1. The summed E-state index contributed by atoms with van der Waals surface area (Å²) < 4.78 is 4.44. The lowest BCUT2D eigenvalue weighted by Gasteiger charge is -2.09. The molecule has 0 spiro atoms. The zero-order valence-electron chi connectivity index (χ0n) is 14.0. The van der Waals surface area contributed by atoms with Gasteiger partial charge in [-0.3, -0.25) is 0 Å². The highest BCUT2D eigenvalue weighted by molar-refractivity contribution is 8.01. The number of nitrogen functional groups attached to an aromatic ring is 1. The lowest BCUT2D eigenvalue weighted by molar-refractivity contribution is 0.650. The quantitative estimate of drug-likeness (QED) is 0.537. The molecular formula is C17H18N6S2. The summed E-state index contributed by atoms with van der Waals surface area (Å²) >= 11 is 3.60. The molecule has 4 rings (SSSR count). The second kappa shape index (κ2) is 6.61. The van der Waals surface area contributed by atoms with E-state index in [1.807, 2.05) is 16.3 Å². The maximum atomic E-state index is 5.84. The van der Waals surface area contributed by atoms with Gasteiger partial charge in [0.05, 0.1) is 16.5 Å². The molecule has 6 nitrogen and oxygen atoms in total. The fraction of sp³-hybridized carbons (Fsp3) is 0.294. The molecule has 1 unspecified atom stereocenters. The Morgan fingerprint density at radius 3 is 3.00 bits per heavy atom. The third kappa shape index (κ3) is 3.19. The Morgan fingerprint density at radius 1 is 1.28 bits per heavy atom. The SMILES string of the molecule is Cc1cccc2nc(SC(C)CCn3cnc4c(N)ncnc43)sc12. The van der Waals surface area contributed by atoms with E-state index in [1.54, 1.807) is 17.7 Å². The van der Waals surface area contributed by atoms with Crippen LogP contribution in [0.2, 0.25) is 0 Å². The summed E-state index contributed by atoms with van der Waals surface area (Å²) in [4.78, 5) is 17.3. The van der Waals surface area contributed by atoms with Crippen LogP contribution in [0.25, 0.3) is 21.4 Å². The Balaban J connectivity index is 1.45. The molecule has 0 fully saturated rings. The first kappa shape index (κ1) is 16.3. The van der Waals surface area contributed by atoms with Crippen molar-refractivity contribution in [2.75, 3.05) is 5.73 Å². The van der Waals surface area contributed by atoms with Gasteiger partial charge in [0.2, 0.25) is 0 Å². The second-order valence-corrected chi connectivity index (χ2v) is 8.67. The summed E-state index contributed by atoms with van der Waals surface area (Å²) in [6.07, 6.45) is 4.26. The van der Waals surface area contributed by atoms with Gasteiger partial charge in [-0.05, 0) is 25.0 Å². The van der Waals surface area contributed by atoms with Crippen molar-refractivity contribution in [3.8, 4) is 0 Å². The van der Waals surface area contributed by atoms with Crippen LogP contribution < -0.4 is 5.73 Å². The molecule has 0 aliphatic heterocycles. The van der Waals surface area contributed by atoms with Crippen molar-refractivity contribution in [1.29, 1.82) is 0 Å². The van der Waals surface area contributed by atoms with Crippen LogP contribution >= 0.6 is 23.1 Å². The topological polar surface area (TPSA) is 82.5 Å². The number of thiazole rings is 1. The summed E-state index contributed by atoms with van der Waals surface area (Å²) in [5.74, 6) is 0.427. The Hall–Kier alpha value is -2.19. The van der Waals surface area contributed by atoms with Gasteiger partial charge in [0.25, 0.3) is 0 Å². The van der Waals surface area contributed by atoms with Crippen molar-refractivity contribution >= 4 is 50.3 Å². The number of nitrogens with two attached hydrogens (primary N) is 1. The van der Waals surface area contributed by atoms with E-state index in [2.05, 4.69) is 47.0 Å². The molecule has 1 atom stereocenters. The molecule has 128 valence electrons. The van der Waals surface area contributed by atoms with E-state index >= 15 is 0 Å². The maximum absolute atomic E-state index is 5.84. The molecule has 4 aromatic rings. The van der Waals surface area contributed by atoms with Crippen LogP contribution in [0.15, 0.2) is 35.2 Å². The average Bonchev–Trinajstić information content (AvgIpc) is 3.18. The van der Waals surface area contributed by atoms with E-state index in [1.165, 1.54) is 16.6 Å². The molecule has 0 amide bonds. The molecule has 3 heterocycles. The highest BCUT2D eigenvalue weighted by atomic mass is 32.2. The Labute approximate surface area is 153 Å². The molecule has 25 heavy (non-hydrogen) atoms. The van der Waals surface area contributed by atoms with Crippen LogP contribution in [0.4, 0.5) is 5.82 Å². The molecule has 0 saturated carbocycles. The number of fused-ring (bicyclic) bond motifs is 2.